The summed E-state index contributed by atoms with van der Waals surface area (Å²) in [6.07, 6.45) is 9.22. The molecule has 3 aromatic heterocycles. The number of hydrogen-bond acceptors (Lipinski definition) is 4. The van der Waals surface area contributed by atoms with Crippen molar-refractivity contribution in [3.63, 3.8) is 0 Å². The lowest BCUT2D eigenvalue weighted by Crippen LogP contribution is -2.32. The first-order valence-corrected chi connectivity index (χ1v) is 13.6. The second kappa shape index (κ2) is 12.2. The molecule has 5 nitrogen and oxygen atoms in total. The van der Waals surface area contributed by atoms with Crippen LogP contribution in [0.25, 0.3) is 21.7 Å². The van der Waals surface area contributed by atoms with Crippen LogP contribution < -0.4 is 5.32 Å². The molecule has 0 radical (unpaired) electrons. The normalized spacial score (nSPS) is 14.5. The van der Waals surface area contributed by atoms with Crippen LogP contribution in [0.15, 0.2) is 48.0 Å². The van der Waals surface area contributed by atoms with Gasteiger partial charge in [-0.15, -0.1) is 23.7 Å². The zero-order valence-corrected chi connectivity index (χ0v) is 22.5. The lowest BCUT2D eigenvalue weighted by Gasteiger charge is -2.23. The Bertz CT molecular complexity index is 1200. The van der Waals surface area contributed by atoms with Crippen LogP contribution in [-0.2, 0) is 37.8 Å². The molecule has 4 heterocycles. The fourth-order valence-corrected chi connectivity index (χ4v) is 5.77. The van der Waals surface area contributed by atoms with Crippen molar-refractivity contribution in [3.8, 4) is 11.5 Å². The van der Waals surface area contributed by atoms with Gasteiger partial charge in [-0.3, -0.25) is 0 Å². The predicted molar refractivity (Wildman–Crippen MR) is 149 cm³/mol. The molecule has 1 N–H and O–H groups in total. The second-order valence-electron chi connectivity index (χ2n) is 9.44. The van der Waals surface area contributed by atoms with E-state index in [4.69, 9.17) is 9.72 Å². The number of thiophene rings is 1. The third kappa shape index (κ3) is 6.18. The van der Waals surface area contributed by atoms with E-state index in [1.165, 1.54) is 32.7 Å². The number of imidazole rings is 1. The number of piperidine rings is 1. The summed E-state index contributed by atoms with van der Waals surface area (Å²) < 4.78 is 12.1. The highest BCUT2D eigenvalue weighted by molar-refractivity contribution is 7.17. The number of rotatable bonds is 10. The Balaban J connectivity index is 0.00000289. The fraction of sp³-hybridized carbons (Fsp3) is 0.464. The van der Waals surface area contributed by atoms with Crippen molar-refractivity contribution in [2.24, 2.45) is 7.05 Å². The molecule has 0 atom stereocenters. The van der Waals surface area contributed by atoms with Gasteiger partial charge in [-0.2, -0.15) is 0 Å². The van der Waals surface area contributed by atoms with Crippen LogP contribution in [0, 0.1) is 0 Å². The first-order chi connectivity index (χ1) is 16.7. The number of hydrogen-bond donors (Lipinski definition) is 1. The summed E-state index contributed by atoms with van der Waals surface area (Å²) in [7, 11) is 2.15. The molecule has 1 aliphatic rings. The number of fused-ring (bicyclic) bond motifs is 1. The zero-order chi connectivity index (χ0) is 23.3. The third-order valence-corrected chi connectivity index (χ3v) is 7.74. The van der Waals surface area contributed by atoms with E-state index < -0.39 is 0 Å². The van der Waals surface area contributed by atoms with Crippen LogP contribution >= 0.6 is 23.7 Å². The Kier molecular flexibility index (Phi) is 9.06. The van der Waals surface area contributed by atoms with E-state index >= 15 is 0 Å². The van der Waals surface area contributed by atoms with E-state index in [2.05, 4.69) is 76.4 Å². The topological polar surface area (TPSA) is 44.0 Å². The highest BCUT2D eigenvalue weighted by atomic mass is 35.5. The van der Waals surface area contributed by atoms with Crippen LogP contribution in [-0.4, -0.2) is 33.3 Å². The fourth-order valence-electron chi connectivity index (χ4n) is 4.92. The van der Waals surface area contributed by atoms with Gasteiger partial charge in [-0.25, -0.2) is 4.98 Å². The summed E-state index contributed by atoms with van der Waals surface area (Å²) in [4.78, 5) is 5.03. The second-order valence-corrected chi connectivity index (χ2v) is 10.4. The number of ether oxygens (including phenoxy) is 1. The maximum atomic E-state index is 6.10. The molecule has 1 saturated heterocycles. The van der Waals surface area contributed by atoms with E-state index in [0.29, 0.717) is 6.10 Å². The maximum absolute atomic E-state index is 6.10. The molecule has 1 fully saturated rings. The molecule has 7 heteroatoms. The Hall–Kier alpha value is -2.12. The molecule has 0 aliphatic carbocycles. The zero-order valence-electron chi connectivity index (χ0n) is 20.8. The lowest BCUT2D eigenvalue weighted by atomic mass is 10.1. The van der Waals surface area contributed by atoms with Crippen molar-refractivity contribution in [3.05, 3.63) is 64.8 Å². The molecule has 4 aromatic rings. The highest BCUT2D eigenvalue weighted by Crippen LogP contribution is 2.30. The van der Waals surface area contributed by atoms with Crippen LogP contribution in [0.1, 0.15) is 49.4 Å². The molecule has 0 saturated carbocycles. The van der Waals surface area contributed by atoms with Crippen molar-refractivity contribution in [1.82, 2.24) is 19.4 Å². The minimum absolute atomic E-state index is 0. The molecular weight excluding hydrogens is 476 g/mol. The van der Waals surface area contributed by atoms with E-state index in [1.807, 2.05) is 0 Å². The van der Waals surface area contributed by atoms with Crippen LogP contribution in [0.2, 0.25) is 0 Å². The Labute approximate surface area is 218 Å². The van der Waals surface area contributed by atoms with Gasteiger partial charge in [0.25, 0.3) is 0 Å². The van der Waals surface area contributed by atoms with E-state index in [0.717, 1.165) is 70.6 Å². The summed E-state index contributed by atoms with van der Waals surface area (Å²) in [5.41, 5.74) is 6.35. The van der Waals surface area contributed by atoms with E-state index in [9.17, 15) is 0 Å². The van der Waals surface area contributed by atoms with Crippen molar-refractivity contribution in [1.29, 1.82) is 0 Å². The molecule has 0 amide bonds. The molecule has 1 aliphatic heterocycles. The minimum atomic E-state index is 0. The average Bonchev–Trinajstić information content (AvgIpc) is 3.56. The largest absolute Gasteiger partial charge is 0.373 e. The van der Waals surface area contributed by atoms with Gasteiger partial charge in [0.1, 0.15) is 0 Å². The highest BCUT2D eigenvalue weighted by Gasteiger charge is 2.16. The van der Waals surface area contributed by atoms with E-state index in [1.54, 1.807) is 11.3 Å². The van der Waals surface area contributed by atoms with Crippen LogP contribution in [0.3, 0.4) is 0 Å². The first-order valence-electron chi connectivity index (χ1n) is 12.7. The van der Waals surface area contributed by atoms with Gasteiger partial charge in [0.05, 0.1) is 34.3 Å². The van der Waals surface area contributed by atoms with Gasteiger partial charge < -0.3 is 19.2 Å². The lowest BCUT2D eigenvalue weighted by molar-refractivity contribution is 0.0212. The van der Waals surface area contributed by atoms with Crippen molar-refractivity contribution >= 4 is 34.0 Å². The van der Waals surface area contributed by atoms with E-state index in [-0.39, 0.29) is 12.4 Å². The summed E-state index contributed by atoms with van der Waals surface area (Å²) in [5.74, 6) is 1.10. The summed E-state index contributed by atoms with van der Waals surface area (Å²) >= 11 is 1.80. The summed E-state index contributed by atoms with van der Waals surface area (Å²) in [6, 6.07) is 13.5. The van der Waals surface area contributed by atoms with Crippen LogP contribution in [0.5, 0.6) is 0 Å². The number of nitrogens with one attached hydrogen (secondary N) is 1. The average molecular weight is 513 g/mol. The van der Waals surface area contributed by atoms with Crippen molar-refractivity contribution in [2.45, 2.75) is 64.7 Å². The molecule has 1 aromatic carbocycles. The van der Waals surface area contributed by atoms with Gasteiger partial charge in [-0.1, -0.05) is 37.6 Å². The molecular formula is C28H37ClN4OS. The van der Waals surface area contributed by atoms with Gasteiger partial charge in [0.15, 0.2) is 5.82 Å². The summed E-state index contributed by atoms with van der Waals surface area (Å²) in [5, 5.41) is 5.55. The Morgan fingerprint density at radius 1 is 1.09 bits per heavy atom. The van der Waals surface area contributed by atoms with Gasteiger partial charge in [0.2, 0.25) is 0 Å². The molecule has 0 unspecified atom stereocenters. The Morgan fingerprint density at radius 3 is 2.60 bits per heavy atom. The van der Waals surface area contributed by atoms with Gasteiger partial charge in [0, 0.05) is 19.8 Å². The maximum Gasteiger partial charge on any atom is 0.156 e. The number of halogens is 1. The molecule has 188 valence electrons. The number of aromatic nitrogens is 3. The number of benzene rings is 1. The number of aryl methyl sites for hydroxylation is 4. The molecule has 35 heavy (non-hydrogen) atoms. The molecule has 5 rings (SSSR count). The third-order valence-electron chi connectivity index (χ3n) is 6.88. The number of nitrogens with zero attached hydrogens (tertiary/aromatic N) is 3. The minimum Gasteiger partial charge on any atom is -0.373 e. The molecule has 0 spiro atoms. The smallest absolute Gasteiger partial charge is 0.156 e. The van der Waals surface area contributed by atoms with Crippen molar-refractivity contribution in [2.75, 3.05) is 13.1 Å². The van der Waals surface area contributed by atoms with Crippen LogP contribution in [0.4, 0.5) is 0 Å². The monoisotopic (exact) mass is 512 g/mol. The standard InChI is InChI=1S/C28H36N4OS.ClH/c1-3-5-23-19-32(28(30-23)26-18-27-25(31(26)2)13-17-34-27)16-4-6-21-7-9-22(10-8-21)20-33-24-11-14-29-15-12-24;/h7-10,13,17-19,24,29H,3-6,11-12,14-16,20H2,1-2H3;1H. The van der Waals surface area contributed by atoms with Gasteiger partial charge >= 0.3 is 0 Å². The SMILES string of the molecule is CCCc1cn(CCCc2ccc(COC3CCNCC3)cc2)c(-c2cc3sccc3n2C)n1.Cl. The summed E-state index contributed by atoms with van der Waals surface area (Å²) in [6.45, 7) is 6.07. The van der Waals surface area contributed by atoms with Gasteiger partial charge in [-0.05, 0) is 73.8 Å². The van der Waals surface area contributed by atoms with Crippen molar-refractivity contribution < 1.29 is 4.74 Å². The Morgan fingerprint density at radius 2 is 1.86 bits per heavy atom. The first kappa shape index (κ1) is 26.0. The molecule has 0 bridgehead atoms. The predicted octanol–water partition coefficient (Wildman–Crippen LogP) is 6.38. The quantitative estimate of drug-likeness (QED) is 0.268.